The molecule has 1 aromatic heterocycles. The number of ether oxygens (including phenoxy) is 1. The highest BCUT2D eigenvalue weighted by atomic mass is 32.1. The first kappa shape index (κ1) is 10.0. The summed E-state index contributed by atoms with van der Waals surface area (Å²) in [7, 11) is 1.34. The normalized spacial score (nSPS) is 10.2. The van der Waals surface area contributed by atoms with E-state index in [0.29, 0.717) is 10.6 Å². The largest absolute Gasteiger partial charge is 0.465 e. The molecule has 0 aliphatic carbocycles. The molecule has 0 aliphatic rings. The van der Waals surface area contributed by atoms with Gasteiger partial charge in [-0.2, -0.15) is 0 Å². The molecule has 1 rings (SSSR count). The van der Waals surface area contributed by atoms with Crippen molar-refractivity contribution in [1.29, 1.82) is 0 Å². The van der Waals surface area contributed by atoms with Crippen LogP contribution in [0.4, 0.5) is 5.00 Å². The Labute approximate surface area is 85.1 Å². The summed E-state index contributed by atoms with van der Waals surface area (Å²) in [5.41, 5.74) is 0.473. The highest BCUT2D eigenvalue weighted by Crippen LogP contribution is 2.26. The number of rotatable bonds is 3. The van der Waals surface area contributed by atoms with Crippen molar-refractivity contribution in [2.45, 2.75) is 0 Å². The Kier molecular flexibility index (Phi) is 3.72. The predicted molar refractivity (Wildman–Crippen MR) is 57.5 cm³/mol. The maximum absolute atomic E-state index is 11.1. The number of hydrogen-bond acceptors (Lipinski definition) is 5. The molecule has 3 nitrogen and oxygen atoms in total. The van der Waals surface area contributed by atoms with Crippen LogP contribution in [-0.4, -0.2) is 24.7 Å². The standard InChI is InChI=1S/C8H7NO2S2/c1-11-8(10)6-2-5-13-7(6)9-3-4-12/h2-5H,1H3. The fraction of sp³-hybridized carbons (Fsp3) is 0.125. The Morgan fingerprint density at radius 1 is 1.77 bits per heavy atom. The van der Waals surface area contributed by atoms with Crippen molar-refractivity contribution < 1.29 is 9.53 Å². The van der Waals surface area contributed by atoms with Crippen molar-refractivity contribution in [2.75, 3.05) is 7.11 Å². The van der Waals surface area contributed by atoms with Crippen molar-refractivity contribution in [1.82, 2.24) is 0 Å². The number of methoxy groups -OCH3 is 1. The smallest absolute Gasteiger partial charge is 0.340 e. The van der Waals surface area contributed by atoms with Crippen LogP contribution in [0.15, 0.2) is 16.4 Å². The van der Waals surface area contributed by atoms with Crippen molar-refractivity contribution in [3.05, 3.63) is 17.0 Å². The van der Waals surface area contributed by atoms with Gasteiger partial charge in [0.2, 0.25) is 0 Å². The third-order valence-electron chi connectivity index (χ3n) is 1.30. The van der Waals surface area contributed by atoms with E-state index in [9.17, 15) is 4.79 Å². The van der Waals surface area contributed by atoms with Gasteiger partial charge in [0.1, 0.15) is 5.00 Å². The van der Waals surface area contributed by atoms with Gasteiger partial charge >= 0.3 is 5.97 Å². The van der Waals surface area contributed by atoms with E-state index < -0.39 is 0 Å². The minimum absolute atomic E-state index is 0.377. The summed E-state index contributed by atoms with van der Waals surface area (Å²) in [5.74, 6) is -0.377. The lowest BCUT2D eigenvalue weighted by Crippen LogP contribution is -1.98. The quantitative estimate of drug-likeness (QED) is 0.439. The zero-order chi connectivity index (χ0) is 9.68. The molecular weight excluding hydrogens is 206 g/mol. The van der Waals surface area contributed by atoms with Crippen molar-refractivity contribution in [2.24, 2.45) is 4.99 Å². The van der Waals surface area contributed by atoms with Gasteiger partial charge in [0.15, 0.2) is 0 Å². The molecule has 0 fully saturated rings. The molecule has 1 aromatic rings. The number of hydrogen-bond donors (Lipinski definition) is 0. The van der Waals surface area contributed by atoms with E-state index in [1.807, 2.05) is 0 Å². The molecule has 0 radical (unpaired) electrons. The van der Waals surface area contributed by atoms with Crippen LogP contribution in [0.25, 0.3) is 0 Å². The second-order valence-electron chi connectivity index (χ2n) is 2.05. The number of thiocarbonyl (C=S) groups is 1. The van der Waals surface area contributed by atoms with Gasteiger partial charge in [0.05, 0.1) is 12.7 Å². The number of carbonyl (C=O) groups is 1. The number of carbonyl (C=O) groups excluding carboxylic acids is 1. The summed E-state index contributed by atoms with van der Waals surface area (Å²) in [5, 5.41) is 3.79. The van der Waals surface area contributed by atoms with Crippen LogP contribution < -0.4 is 0 Å². The molecule has 0 spiro atoms. The van der Waals surface area contributed by atoms with E-state index >= 15 is 0 Å². The molecule has 5 heteroatoms. The van der Waals surface area contributed by atoms with Crippen LogP contribution in [0, 0.1) is 0 Å². The topological polar surface area (TPSA) is 38.7 Å². The third-order valence-corrected chi connectivity index (χ3v) is 2.25. The average molecular weight is 213 g/mol. The first-order chi connectivity index (χ1) is 6.29. The monoisotopic (exact) mass is 213 g/mol. The van der Waals surface area contributed by atoms with Gasteiger partial charge in [-0.1, -0.05) is 12.2 Å². The fourth-order valence-electron chi connectivity index (χ4n) is 0.765. The first-order valence-corrected chi connectivity index (χ1v) is 4.78. The minimum Gasteiger partial charge on any atom is -0.465 e. The van der Waals surface area contributed by atoms with Crippen LogP contribution in [0.5, 0.6) is 0 Å². The zero-order valence-electron chi connectivity index (χ0n) is 6.89. The molecule has 0 saturated heterocycles. The van der Waals surface area contributed by atoms with E-state index in [2.05, 4.69) is 21.9 Å². The maximum Gasteiger partial charge on any atom is 0.340 e. The molecule has 0 unspecified atom stereocenters. The van der Waals surface area contributed by atoms with Crippen molar-refractivity contribution in [3.8, 4) is 0 Å². The van der Waals surface area contributed by atoms with E-state index in [1.165, 1.54) is 30.0 Å². The number of esters is 1. The first-order valence-electron chi connectivity index (χ1n) is 3.43. The van der Waals surface area contributed by atoms with E-state index in [1.54, 1.807) is 11.4 Å². The Balaban J connectivity index is 2.95. The fourth-order valence-corrected chi connectivity index (χ4v) is 1.56. The van der Waals surface area contributed by atoms with Crippen LogP contribution in [0.2, 0.25) is 0 Å². The molecule has 13 heavy (non-hydrogen) atoms. The van der Waals surface area contributed by atoms with Gasteiger partial charge in [-0.15, -0.1) is 11.3 Å². The highest BCUT2D eigenvalue weighted by Gasteiger charge is 2.11. The van der Waals surface area contributed by atoms with Gasteiger partial charge in [-0.25, -0.2) is 9.79 Å². The lowest BCUT2D eigenvalue weighted by molar-refractivity contribution is 0.0602. The molecule has 0 aromatic carbocycles. The zero-order valence-corrected chi connectivity index (χ0v) is 8.52. The van der Waals surface area contributed by atoms with Crippen LogP contribution in [-0.2, 0) is 4.74 Å². The summed E-state index contributed by atoms with van der Waals surface area (Å²) in [6.07, 6.45) is 1.47. The highest BCUT2D eigenvalue weighted by molar-refractivity contribution is 7.80. The number of aliphatic imine (C=N–C) groups is 1. The molecular formula is C8H7NO2S2. The van der Waals surface area contributed by atoms with E-state index in [0.717, 1.165) is 0 Å². The summed E-state index contributed by atoms with van der Waals surface area (Å²) >= 11 is 5.94. The SMILES string of the molecule is COC(=O)c1ccsc1N=CC=S. The van der Waals surface area contributed by atoms with Gasteiger partial charge in [0, 0.05) is 11.6 Å². The van der Waals surface area contributed by atoms with E-state index in [4.69, 9.17) is 0 Å². The van der Waals surface area contributed by atoms with Crippen LogP contribution >= 0.6 is 23.6 Å². The molecule has 0 atom stereocenters. The molecule has 0 bridgehead atoms. The second kappa shape index (κ2) is 4.84. The van der Waals surface area contributed by atoms with Crippen LogP contribution in [0.3, 0.4) is 0 Å². The number of nitrogens with zero attached hydrogens (tertiary/aromatic N) is 1. The molecule has 68 valence electrons. The van der Waals surface area contributed by atoms with Gasteiger partial charge in [-0.05, 0) is 11.4 Å². The Hall–Kier alpha value is -1.07. The van der Waals surface area contributed by atoms with Crippen molar-refractivity contribution >= 4 is 46.1 Å². The van der Waals surface area contributed by atoms with Gasteiger partial charge in [-0.3, -0.25) is 0 Å². The van der Waals surface area contributed by atoms with Crippen molar-refractivity contribution in [3.63, 3.8) is 0 Å². The molecule has 0 saturated carbocycles. The summed E-state index contributed by atoms with van der Waals surface area (Å²) in [4.78, 5) is 15.1. The van der Waals surface area contributed by atoms with Gasteiger partial charge < -0.3 is 4.74 Å². The summed E-state index contributed by atoms with van der Waals surface area (Å²) in [6, 6.07) is 1.67. The molecule has 0 aliphatic heterocycles. The minimum atomic E-state index is -0.377. The second-order valence-corrected chi connectivity index (χ2v) is 3.21. The van der Waals surface area contributed by atoms with Gasteiger partial charge in [0.25, 0.3) is 0 Å². The average Bonchev–Trinajstić information content (AvgIpc) is 2.61. The van der Waals surface area contributed by atoms with Crippen LogP contribution in [0.1, 0.15) is 10.4 Å². The lowest BCUT2D eigenvalue weighted by Gasteiger charge is -1.95. The maximum atomic E-state index is 11.1. The lowest BCUT2D eigenvalue weighted by atomic mass is 10.3. The Morgan fingerprint density at radius 2 is 2.54 bits per heavy atom. The summed E-state index contributed by atoms with van der Waals surface area (Å²) < 4.78 is 4.57. The molecule has 0 amide bonds. The Bertz CT molecular complexity index is 344. The summed E-state index contributed by atoms with van der Waals surface area (Å²) in [6.45, 7) is 0. The van der Waals surface area contributed by atoms with E-state index in [-0.39, 0.29) is 5.97 Å². The number of thiophene rings is 1. The third kappa shape index (κ3) is 2.43. The molecule has 0 N–H and O–H groups in total. The molecule has 1 heterocycles. The predicted octanol–water partition coefficient (Wildman–Crippen LogP) is 2.24. The Morgan fingerprint density at radius 3 is 3.15 bits per heavy atom.